The minimum atomic E-state index is 0.624. The quantitative estimate of drug-likeness (QED) is 0.598. The molecular weight excluding hydrogens is 288 g/mol. The van der Waals surface area contributed by atoms with Gasteiger partial charge in [-0.05, 0) is 30.6 Å². The lowest BCUT2D eigenvalue weighted by molar-refractivity contribution is 0.0320. The molecule has 2 heterocycles. The average molecular weight is 325 g/mol. The van der Waals surface area contributed by atoms with Crippen molar-refractivity contribution >= 4 is 5.96 Å². The number of hydrogen-bond acceptors (Lipinski definition) is 3. The van der Waals surface area contributed by atoms with Crippen LogP contribution in [0.2, 0.25) is 0 Å². The zero-order valence-corrected chi connectivity index (χ0v) is 15.6. The van der Waals surface area contributed by atoms with E-state index in [0.717, 1.165) is 70.3 Å². The molecule has 2 aliphatic heterocycles. The number of morpholine rings is 1. The normalized spacial score (nSPS) is 25.2. The van der Waals surface area contributed by atoms with Gasteiger partial charge in [-0.2, -0.15) is 0 Å². The highest BCUT2D eigenvalue weighted by atomic mass is 16.5. The Morgan fingerprint density at radius 1 is 1.22 bits per heavy atom. The number of hydrogen-bond donors (Lipinski definition) is 1. The van der Waals surface area contributed by atoms with Gasteiger partial charge in [0.25, 0.3) is 0 Å². The Hall–Kier alpha value is -0.810. The minimum absolute atomic E-state index is 0.624. The molecule has 23 heavy (non-hydrogen) atoms. The van der Waals surface area contributed by atoms with E-state index in [2.05, 4.69) is 40.9 Å². The molecule has 0 bridgehead atoms. The van der Waals surface area contributed by atoms with Crippen LogP contribution in [0.15, 0.2) is 4.99 Å². The summed E-state index contributed by atoms with van der Waals surface area (Å²) < 4.78 is 5.42. The number of likely N-dealkylation sites (tertiary alicyclic amines) is 1. The third kappa shape index (κ3) is 6.30. The Morgan fingerprint density at radius 3 is 2.61 bits per heavy atom. The van der Waals surface area contributed by atoms with Crippen molar-refractivity contribution in [3.05, 3.63) is 0 Å². The second-order valence-electron chi connectivity index (χ2n) is 7.68. The molecule has 1 N–H and O–H groups in total. The van der Waals surface area contributed by atoms with Crippen LogP contribution in [-0.2, 0) is 4.74 Å². The van der Waals surface area contributed by atoms with Crippen LogP contribution >= 0.6 is 0 Å². The minimum Gasteiger partial charge on any atom is -0.379 e. The van der Waals surface area contributed by atoms with Crippen molar-refractivity contribution in [2.24, 2.45) is 22.7 Å². The van der Waals surface area contributed by atoms with Gasteiger partial charge in [0.05, 0.1) is 13.2 Å². The fourth-order valence-corrected chi connectivity index (χ4v) is 3.77. The maximum absolute atomic E-state index is 5.42. The summed E-state index contributed by atoms with van der Waals surface area (Å²) in [7, 11) is 1.91. The molecule has 2 unspecified atom stereocenters. The van der Waals surface area contributed by atoms with Gasteiger partial charge >= 0.3 is 0 Å². The largest absolute Gasteiger partial charge is 0.379 e. The molecule has 2 fully saturated rings. The van der Waals surface area contributed by atoms with Gasteiger partial charge in [0.2, 0.25) is 0 Å². The van der Waals surface area contributed by atoms with E-state index in [1.807, 2.05) is 7.05 Å². The summed E-state index contributed by atoms with van der Waals surface area (Å²) in [5.74, 6) is 3.34. The molecule has 0 aromatic rings. The van der Waals surface area contributed by atoms with Crippen molar-refractivity contribution in [3.63, 3.8) is 0 Å². The highest BCUT2D eigenvalue weighted by Crippen LogP contribution is 2.23. The van der Waals surface area contributed by atoms with Crippen LogP contribution in [0.3, 0.4) is 0 Å². The van der Waals surface area contributed by atoms with Gasteiger partial charge in [0.15, 0.2) is 5.96 Å². The van der Waals surface area contributed by atoms with Gasteiger partial charge < -0.3 is 15.0 Å². The van der Waals surface area contributed by atoms with Gasteiger partial charge in [-0.25, -0.2) is 0 Å². The van der Waals surface area contributed by atoms with Crippen LogP contribution in [0.25, 0.3) is 0 Å². The smallest absolute Gasteiger partial charge is 0.193 e. The van der Waals surface area contributed by atoms with E-state index in [0.29, 0.717) is 5.92 Å². The van der Waals surface area contributed by atoms with Crippen molar-refractivity contribution < 1.29 is 4.74 Å². The first-order valence-electron chi connectivity index (χ1n) is 9.34. The molecule has 2 rings (SSSR count). The fourth-order valence-electron chi connectivity index (χ4n) is 3.77. The lowest BCUT2D eigenvalue weighted by atomic mass is 9.97. The lowest BCUT2D eigenvalue weighted by Gasteiger charge is -2.30. The predicted molar refractivity (Wildman–Crippen MR) is 96.9 cm³/mol. The van der Waals surface area contributed by atoms with Crippen LogP contribution < -0.4 is 5.32 Å². The molecule has 0 spiro atoms. The van der Waals surface area contributed by atoms with E-state index in [1.165, 1.54) is 12.8 Å². The number of nitrogens with zero attached hydrogens (tertiary/aromatic N) is 3. The van der Waals surface area contributed by atoms with E-state index < -0.39 is 0 Å². The highest BCUT2D eigenvalue weighted by Gasteiger charge is 2.25. The molecule has 0 aromatic carbocycles. The van der Waals surface area contributed by atoms with E-state index in [9.17, 15) is 0 Å². The van der Waals surface area contributed by atoms with Crippen molar-refractivity contribution in [3.8, 4) is 0 Å². The molecule has 2 aliphatic rings. The van der Waals surface area contributed by atoms with Crippen LogP contribution in [0.1, 0.15) is 33.6 Å². The summed E-state index contributed by atoms with van der Waals surface area (Å²) >= 11 is 0. The molecule has 134 valence electrons. The van der Waals surface area contributed by atoms with Crippen LogP contribution in [0.5, 0.6) is 0 Å². The Bertz CT molecular complexity index is 366. The first kappa shape index (κ1) is 18.5. The SMILES string of the molecule is CN=C(NCC(C)CN1CCOCC1)N1CCC(CC(C)C)C1. The van der Waals surface area contributed by atoms with Gasteiger partial charge in [-0.15, -0.1) is 0 Å². The summed E-state index contributed by atoms with van der Waals surface area (Å²) in [5.41, 5.74) is 0. The molecule has 0 saturated carbocycles. The molecule has 0 amide bonds. The lowest BCUT2D eigenvalue weighted by Crippen LogP contribution is -2.45. The molecule has 5 nitrogen and oxygen atoms in total. The zero-order valence-electron chi connectivity index (χ0n) is 15.6. The van der Waals surface area contributed by atoms with E-state index in [1.54, 1.807) is 0 Å². The van der Waals surface area contributed by atoms with Gasteiger partial charge in [-0.3, -0.25) is 9.89 Å². The third-order valence-corrected chi connectivity index (χ3v) is 4.88. The Labute approximate surface area is 142 Å². The van der Waals surface area contributed by atoms with Crippen LogP contribution in [0.4, 0.5) is 0 Å². The first-order valence-corrected chi connectivity index (χ1v) is 9.34. The maximum atomic E-state index is 5.42. The van der Waals surface area contributed by atoms with Crippen LogP contribution in [0, 0.1) is 17.8 Å². The van der Waals surface area contributed by atoms with Gasteiger partial charge in [-0.1, -0.05) is 20.8 Å². The topological polar surface area (TPSA) is 40.1 Å². The summed E-state index contributed by atoms with van der Waals surface area (Å²) in [4.78, 5) is 9.45. The van der Waals surface area contributed by atoms with E-state index >= 15 is 0 Å². The van der Waals surface area contributed by atoms with Crippen molar-refractivity contribution in [2.75, 3.05) is 59.5 Å². The Balaban J connectivity index is 1.70. The summed E-state index contributed by atoms with van der Waals surface area (Å²) in [6.45, 7) is 15.3. The maximum Gasteiger partial charge on any atom is 0.193 e. The fraction of sp³-hybridized carbons (Fsp3) is 0.944. The number of guanidine groups is 1. The first-order chi connectivity index (χ1) is 11.1. The van der Waals surface area contributed by atoms with E-state index in [4.69, 9.17) is 4.74 Å². The molecule has 0 radical (unpaired) electrons. The Morgan fingerprint density at radius 2 is 1.96 bits per heavy atom. The average Bonchev–Trinajstić information content (AvgIpc) is 2.96. The summed E-state index contributed by atoms with van der Waals surface area (Å²) in [6, 6.07) is 0. The second kappa shape index (κ2) is 9.48. The monoisotopic (exact) mass is 324 g/mol. The van der Waals surface area contributed by atoms with Crippen LogP contribution in [-0.4, -0.2) is 75.3 Å². The van der Waals surface area contributed by atoms with Crippen molar-refractivity contribution in [2.45, 2.75) is 33.6 Å². The van der Waals surface area contributed by atoms with Crippen molar-refractivity contribution in [1.82, 2.24) is 15.1 Å². The predicted octanol–water partition coefficient (Wildman–Crippen LogP) is 1.90. The number of rotatable bonds is 6. The third-order valence-electron chi connectivity index (χ3n) is 4.88. The molecule has 0 aromatic heterocycles. The standard InChI is InChI=1S/C18H36N4O/c1-15(2)11-17-5-6-22(14-17)18(19-4)20-12-16(3)13-21-7-9-23-10-8-21/h15-17H,5-14H2,1-4H3,(H,19,20). The highest BCUT2D eigenvalue weighted by molar-refractivity contribution is 5.80. The number of nitrogens with one attached hydrogen (secondary N) is 1. The summed E-state index contributed by atoms with van der Waals surface area (Å²) in [6.07, 6.45) is 2.64. The molecule has 5 heteroatoms. The van der Waals surface area contributed by atoms with Gasteiger partial charge in [0.1, 0.15) is 0 Å². The molecule has 0 aliphatic carbocycles. The van der Waals surface area contributed by atoms with E-state index in [-0.39, 0.29) is 0 Å². The second-order valence-corrected chi connectivity index (χ2v) is 7.68. The Kier molecular flexibility index (Phi) is 7.63. The molecule has 2 saturated heterocycles. The zero-order chi connectivity index (χ0) is 16.7. The summed E-state index contributed by atoms with van der Waals surface area (Å²) in [5, 5.41) is 3.59. The van der Waals surface area contributed by atoms with Crippen molar-refractivity contribution in [1.29, 1.82) is 0 Å². The van der Waals surface area contributed by atoms with Gasteiger partial charge in [0, 0.05) is 46.3 Å². The molecular formula is C18H36N4O. The molecule has 2 atom stereocenters. The number of aliphatic imine (C=N–C) groups is 1. The number of ether oxygens (including phenoxy) is 1.